The maximum Gasteiger partial charge on any atom is 0.258 e. The molecule has 0 unspecified atom stereocenters. The number of carbonyl (C=O) groups excluding carboxylic acids is 1. The van der Waals surface area contributed by atoms with Gasteiger partial charge in [-0.25, -0.2) is 4.39 Å². The van der Waals surface area contributed by atoms with E-state index < -0.39 is 5.82 Å². The van der Waals surface area contributed by atoms with Crippen molar-refractivity contribution in [2.75, 3.05) is 6.61 Å². The molecule has 2 aromatic carbocycles. The number of nitrogens with one attached hydrogen (secondary N) is 1. The van der Waals surface area contributed by atoms with Crippen LogP contribution in [0, 0.1) is 12.7 Å². The number of aryl methyl sites for hydroxylation is 1. The van der Waals surface area contributed by atoms with Crippen molar-refractivity contribution in [2.24, 2.45) is 0 Å². The Morgan fingerprint density at radius 1 is 1.19 bits per heavy atom. The zero-order chi connectivity index (χ0) is 15.2. The highest BCUT2D eigenvalue weighted by molar-refractivity contribution is 5.78. The van der Waals surface area contributed by atoms with E-state index in [2.05, 4.69) is 5.32 Å². The lowest BCUT2D eigenvalue weighted by molar-refractivity contribution is -0.123. The Bertz CT molecular complexity index is 610. The summed E-state index contributed by atoms with van der Waals surface area (Å²) in [5.74, 6) is -0.682. The molecule has 0 saturated carbocycles. The highest BCUT2D eigenvalue weighted by Crippen LogP contribution is 2.16. The number of benzene rings is 2. The van der Waals surface area contributed by atoms with Crippen molar-refractivity contribution in [1.29, 1.82) is 0 Å². The number of ether oxygens (including phenoxy) is 1. The van der Waals surface area contributed by atoms with E-state index in [0.717, 1.165) is 5.56 Å². The van der Waals surface area contributed by atoms with Crippen LogP contribution < -0.4 is 10.1 Å². The molecule has 3 nitrogen and oxygen atoms in total. The first kappa shape index (κ1) is 15.0. The Morgan fingerprint density at radius 3 is 2.52 bits per heavy atom. The summed E-state index contributed by atoms with van der Waals surface area (Å²) in [4.78, 5) is 11.8. The van der Waals surface area contributed by atoms with E-state index >= 15 is 0 Å². The van der Waals surface area contributed by atoms with Crippen molar-refractivity contribution in [2.45, 2.75) is 19.9 Å². The van der Waals surface area contributed by atoms with E-state index in [0.29, 0.717) is 0 Å². The predicted molar refractivity (Wildman–Crippen MR) is 79.6 cm³/mol. The van der Waals surface area contributed by atoms with Gasteiger partial charge in [-0.15, -0.1) is 0 Å². The van der Waals surface area contributed by atoms with Crippen molar-refractivity contribution in [3.63, 3.8) is 0 Å². The number of amides is 1. The fraction of sp³-hybridized carbons (Fsp3) is 0.235. The van der Waals surface area contributed by atoms with Gasteiger partial charge in [0.2, 0.25) is 0 Å². The largest absolute Gasteiger partial charge is 0.481 e. The maximum atomic E-state index is 13.3. The summed E-state index contributed by atoms with van der Waals surface area (Å²) in [5, 5.41) is 2.82. The topological polar surface area (TPSA) is 38.3 Å². The van der Waals surface area contributed by atoms with Crippen LogP contribution in [-0.4, -0.2) is 12.5 Å². The molecule has 0 saturated heterocycles. The number of hydrogen-bond donors (Lipinski definition) is 1. The lowest BCUT2D eigenvalue weighted by atomic mass is 10.1. The molecule has 21 heavy (non-hydrogen) atoms. The smallest absolute Gasteiger partial charge is 0.258 e. The molecule has 1 amide bonds. The predicted octanol–water partition coefficient (Wildman–Crippen LogP) is 3.39. The number of carbonyl (C=O) groups is 1. The molecule has 0 fully saturated rings. The van der Waals surface area contributed by atoms with Crippen molar-refractivity contribution < 1.29 is 13.9 Å². The van der Waals surface area contributed by atoms with Gasteiger partial charge in [0.15, 0.2) is 18.2 Å². The minimum Gasteiger partial charge on any atom is -0.481 e. The molecule has 1 atom stereocenters. The Kier molecular flexibility index (Phi) is 4.93. The van der Waals surface area contributed by atoms with Crippen molar-refractivity contribution in [1.82, 2.24) is 5.32 Å². The zero-order valence-electron chi connectivity index (χ0n) is 12.1. The molecule has 110 valence electrons. The highest BCUT2D eigenvalue weighted by Gasteiger charge is 2.11. The van der Waals surface area contributed by atoms with Crippen LogP contribution in [0.5, 0.6) is 5.75 Å². The van der Waals surface area contributed by atoms with E-state index in [1.165, 1.54) is 17.7 Å². The monoisotopic (exact) mass is 287 g/mol. The van der Waals surface area contributed by atoms with Crippen LogP contribution in [0.25, 0.3) is 0 Å². The number of para-hydroxylation sites is 1. The van der Waals surface area contributed by atoms with Crippen molar-refractivity contribution in [3.8, 4) is 5.75 Å². The summed E-state index contributed by atoms with van der Waals surface area (Å²) < 4.78 is 18.5. The SMILES string of the molecule is Cc1ccc([C@@H](C)NC(=O)COc2ccccc2F)cc1. The second kappa shape index (κ2) is 6.88. The molecular formula is C17H18FNO2. The molecule has 0 bridgehead atoms. The van der Waals surface area contributed by atoms with Crippen LogP contribution >= 0.6 is 0 Å². The normalized spacial score (nSPS) is 11.8. The third kappa shape index (κ3) is 4.31. The summed E-state index contributed by atoms with van der Waals surface area (Å²) >= 11 is 0. The van der Waals surface area contributed by atoms with Crippen molar-refractivity contribution >= 4 is 5.91 Å². The number of halogens is 1. The molecule has 0 aliphatic carbocycles. The van der Waals surface area contributed by atoms with Crippen LogP contribution in [0.4, 0.5) is 4.39 Å². The third-order valence-corrected chi connectivity index (χ3v) is 3.15. The Morgan fingerprint density at radius 2 is 1.86 bits per heavy atom. The Hall–Kier alpha value is -2.36. The summed E-state index contributed by atoms with van der Waals surface area (Å²) in [5.41, 5.74) is 2.18. The van der Waals surface area contributed by atoms with E-state index in [9.17, 15) is 9.18 Å². The summed E-state index contributed by atoms with van der Waals surface area (Å²) in [7, 11) is 0. The average Bonchev–Trinajstić information content (AvgIpc) is 2.47. The minimum absolute atomic E-state index is 0.0793. The molecule has 0 aliphatic rings. The van der Waals surface area contributed by atoms with Crippen molar-refractivity contribution in [3.05, 3.63) is 65.5 Å². The van der Waals surface area contributed by atoms with E-state index in [1.54, 1.807) is 12.1 Å². The molecular weight excluding hydrogens is 269 g/mol. The second-order valence-corrected chi connectivity index (χ2v) is 4.92. The summed E-state index contributed by atoms with van der Waals surface area (Å²) in [6, 6.07) is 13.8. The average molecular weight is 287 g/mol. The molecule has 1 N–H and O–H groups in total. The second-order valence-electron chi connectivity index (χ2n) is 4.92. The fourth-order valence-electron chi connectivity index (χ4n) is 1.93. The Labute approximate surface area is 123 Å². The molecule has 0 aliphatic heterocycles. The summed E-state index contributed by atoms with van der Waals surface area (Å²) in [6.45, 7) is 3.69. The lowest BCUT2D eigenvalue weighted by Crippen LogP contribution is -2.31. The summed E-state index contributed by atoms with van der Waals surface area (Å²) in [6.07, 6.45) is 0. The van der Waals surface area contributed by atoms with E-state index in [1.807, 2.05) is 38.1 Å². The van der Waals surface area contributed by atoms with Gasteiger partial charge in [-0.3, -0.25) is 4.79 Å². The van der Waals surface area contributed by atoms with Crippen LogP contribution in [0.3, 0.4) is 0 Å². The zero-order valence-corrected chi connectivity index (χ0v) is 12.1. The van der Waals surface area contributed by atoms with Gasteiger partial charge < -0.3 is 10.1 Å². The highest BCUT2D eigenvalue weighted by atomic mass is 19.1. The molecule has 2 rings (SSSR count). The minimum atomic E-state index is -0.475. The van der Waals surface area contributed by atoms with Gasteiger partial charge in [-0.05, 0) is 31.5 Å². The lowest BCUT2D eigenvalue weighted by Gasteiger charge is -2.15. The molecule has 0 spiro atoms. The molecule has 0 aromatic heterocycles. The third-order valence-electron chi connectivity index (χ3n) is 3.15. The van der Waals surface area contributed by atoms with E-state index in [4.69, 9.17) is 4.74 Å². The van der Waals surface area contributed by atoms with Crippen LogP contribution in [0.15, 0.2) is 48.5 Å². The van der Waals surface area contributed by atoms with E-state index in [-0.39, 0.29) is 24.3 Å². The first-order valence-electron chi connectivity index (χ1n) is 6.79. The maximum absolute atomic E-state index is 13.3. The number of hydrogen-bond acceptors (Lipinski definition) is 2. The quantitative estimate of drug-likeness (QED) is 0.915. The van der Waals surface area contributed by atoms with Gasteiger partial charge in [-0.2, -0.15) is 0 Å². The Balaban J connectivity index is 1.87. The van der Waals surface area contributed by atoms with Crippen LogP contribution in [-0.2, 0) is 4.79 Å². The fourth-order valence-corrected chi connectivity index (χ4v) is 1.93. The number of rotatable bonds is 5. The van der Waals surface area contributed by atoms with Gasteiger partial charge in [0.05, 0.1) is 6.04 Å². The standard InChI is InChI=1S/C17H18FNO2/c1-12-7-9-14(10-8-12)13(2)19-17(20)11-21-16-6-4-3-5-15(16)18/h3-10,13H,11H2,1-2H3,(H,19,20)/t13-/m1/s1. The molecule has 4 heteroatoms. The van der Waals surface area contributed by atoms with Crippen LogP contribution in [0.1, 0.15) is 24.1 Å². The van der Waals surface area contributed by atoms with Gasteiger partial charge in [0.25, 0.3) is 5.91 Å². The molecule has 0 radical (unpaired) electrons. The first-order chi connectivity index (χ1) is 10.1. The van der Waals surface area contributed by atoms with Gasteiger partial charge in [0.1, 0.15) is 0 Å². The van der Waals surface area contributed by atoms with Gasteiger partial charge in [-0.1, -0.05) is 42.0 Å². The van der Waals surface area contributed by atoms with Crippen LogP contribution in [0.2, 0.25) is 0 Å². The molecule has 0 heterocycles. The van der Waals surface area contributed by atoms with Gasteiger partial charge in [0, 0.05) is 0 Å². The first-order valence-corrected chi connectivity index (χ1v) is 6.79. The van der Waals surface area contributed by atoms with Gasteiger partial charge >= 0.3 is 0 Å². The molecule has 2 aromatic rings.